The van der Waals surface area contributed by atoms with Crippen molar-refractivity contribution in [3.05, 3.63) is 77.0 Å². The van der Waals surface area contributed by atoms with Gasteiger partial charge in [0.05, 0.1) is 26.0 Å². The average Bonchev–Trinajstić information content (AvgIpc) is 2.57. The van der Waals surface area contributed by atoms with Crippen molar-refractivity contribution in [1.82, 2.24) is 4.98 Å². The quantitative estimate of drug-likeness (QED) is 0.420. The van der Waals surface area contributed by atoms with Gasteiger partial charge < -0.3 is 0 Å². The van der Waals surface area contributed by atoms with Gasteiger partial charge in [-0.2, -0.15) is 14.0 Å². The third-order valence-electron chi connectivity index (χ3n) is 3.66. The molecule has 7 nitrogen and oxygen atoms in total. The molecule has 0 bridgehead atoms. The number of carbonyl (C=O) groups excluding carboxylic acids is 2. The molecule has 1 heterocycles. The summed E-state index contributed by atoms with van der Waals surface area (Å²) in [6, 6.07) is 14.2. The molecule has 1 aromatic heterocycles. The van der Waals surface area contributed by atoms with Crippen molar-refractivity contribution in [2.24, 2.45) is 0 Å². The van der Waals surface area contributed by atoms with E-state index in [9.17, 15) is 9.59 Å². The fourth-order valence-corrected chi connectivity index (χ4v) is 2.72. The minimum atomic E-state index is -4.69. The first-order valence-electron chi connectivity index (χ1n) is 6.97. The van der Waals surface area contributed by atoms with Gasteiger partial charge in [0, 0.05) is 28.3 Å². The van der Waals surface area contributed by atoms with Crippen molar-refractivity contribution in [2.45, 2.75) is 0 Å². The summed E-state index contributed by atoms with van der Waals surface area (Å²) in [4.78, 5) is 29.5. The van der Waals surface area contributed by atoms with E-state index in [2.05, 4.69) is 4.98 Å². The van der Waals surface area contributed by atoms with Crippen molar-refractivity contribution in [3.8, 4) is 0 Å². The van der Waals surface area contributed by atoms with Crippen LogP contribution in [0.3, 0.4) is 0 Å². The van der Waals surface area contributed by atoms with E-state index in [0.717, 1.165) is 5.39 Å². The van der Waals surface area contributed by atoms with Gasteiger partial charge in [0.25, 0.3) is 0 Å². The zero-order valence-electron chi connectivity index (χ0n) is 12.5. The van der Waals surface area contributed by atoms with Crippen LogP contribution in [0.5, 0.6) is 0 Å². The molecule has 25 heavy (non-hydrogen) atoms. The summed E-state index contributed by atoms with van der Waals surface area (Å²) in [6.07, 6.45) is 1.64. The van der Waals surface area contributed by atoms with Crippen LogP contribution in [0.25, 0.3) is 10.9 Å². The molecule has 0 radical (unpaired) electrons. The fraction of sp³-hybridized carbons (Fsp3) is 0. The topological polar surface area (TPSA) is 136 Å². The average molecular weight is 360 g/mol. The lowest BCUT2D eigenvalue weighted by molar-refractivity contribution is -1.92. The minimum Gasteiger partial charge on any atom is -0.289 e. The molecule has 8 heteroatoms. The highest BCUT2D eigenvalue weighted by molar-refractivity contribution is 6.31. The molecule has 0 atom stereocenters. The molecule has 3 aromatic rings. The second kappa shape index (κ2) is 6.32. The van der Waals surface area contributed by atoms with Crippen molar-refractivity contribution in [3.63, 3.8) is 0 Å². The van der Waals surface area contributed by atoms with Crippen LogP contribution in [-0.2, 0) is 0 Å². The molecule has 0 aliphatic heterocycles. The Morgan fingerprint density at radius 1 is 0.800 bits per heavy atom. The Balaban J connectivity index is 0.000000324. The van der Waals surface area contributed by atoms with Crippen LogP contribution in [0.15, 0.2) is 54.7 Å². The summed E-state index contributed by atoms with van der Waals surface area (Å²) in [5.41, 5.74) is 2.40. The molecule has 2 aromatic carbocycles. The van der Waals surface area contributed by atoms with E-state index >= 15 is 0 Å². The van der Waals surface area contributed by atoms with E-state index in [4.69, 9.17) is 18.6 Å². The Hall–Kier alpha value is -2.68. The smallest absolute Gasteiger partial charge is 0.196 e. The lowest BCUT2D eigenvalue weighted by atomic mass is 9.83. The summed E-state index contributed by atoms with van der Waals surface area (Å²) in [6.45, 7) is 0. The van der Waals surface area contributed by atoms with E-state index in [-0.39, 0.29) is 11.6 Å². The summed E-state index contributed by atoms with van der Waals surface area (Å²) < 4.78 is 32.7. The predicted molar refractivity (Wildman–Crippen MR) is 77.3 cm³/mol. The number of carbonyl (C=O) groups is 2. The molecule has 1 aliphatic rings. The lowest BCUT2D eigenvalue weighted by Gasteiger charge is -2.18. The molecule has 1 N–H and O–H groups in total. The molecular formula is C17H10ClNO6. The second-order valence-corrected chi connectivity index (χ2v) is 5.96. The Bertz CT molecular complexity index is 990. The van der Waals surface area contributed by atoms with E-state index < -0.39 is 10.2 Å². The highest BCUT2D eigenvalue weighted by Gasteiger charge is 2.31. The first kappa shape index (κ1) is 17.2. The Kier molecular flexibility index (Phi) is 4.34. The van der Waals surface area contributed by atoms with Gasteiger partial charge in [-0.15, -0.1) is 0 Å². The summed E-state index contributed by atoms with van der Waals surface area (Å²) in [5.74, 6) is -0.234. The number of rotatable bonds is 0. The number of benzene rings is 2. The first-order valence-corrected chi connectivity index (χ1v) is 8.23. The zero-order valence-corrected chi connectivity index (χ0v) is 13.3. The van der Waals surface area contributed by atoms with Crippen molar-refractivity contribution < 1.29 is 38.5 Å². The zero-order chi connectivity index (χ0) is 18.2. The number of hydrogen-bond acceptors (Lipinski definition) is 7. The highest BCUT2D eigenvalue weighted by Crippen LogP contribution is 2.31. The molecule has 0 spiro atoms. The van der Waals surface area contributed by atoms with Gasteiger partial charge >= 0.3 is 0 Å². The standard InChI is InChI=1S/C17H9NO2.ClHO4/c19-16-11-5-1-2-6-12(11)17(20)14-13(16)8-7-10-4-3-9-18-15(10)14;2-1(3,4)5/h1-9H;(H,2,3,4,5). The van der Waals surface area contributed by atoms with Crippen molar-refractivity contribution >= 4 is 22.5 Å². The number of ketones is 2. The molecule has 0 unspecified atom stereocenters. The molecule has 126 valence electrons. The third kappa shape index (κ3) is 3.41. The predicted octanol–water partition coefficient (Wildman–Crippen LogP) is -1.11. The maximum Gasteiger partial charge on any atom is 0.196 e. The number of nitrogens with zero attached hydrogens (tertiary/aromatic N) is 1. The van der Waals surface area contributed by atoms with Crippen LogP contribution in [0.4, 0.5) is 0 Å². The Morgan fingerprint density at radius 2 is 1.40 bits per heavy atom. The van der Waals surface area contributed by atoms with Gasteiger partial charge in [0.15, 0.2) is 11.6 Å². The monoisotopic (exact) mass is 359 g/mol. The lowest BCUT2D eigenvalue weighted by Crippen LogP contribution is -2.58. The van der Waals surface area contributed by atoms with E-state index in [1.165, 1.54) is 0 Å². The maximum absolute atomic E-state index is 12.7. The van der Waals surface area contributed by atoms with Gasteiger partial charge in [-0.1, -0.05) is 36.4 Å². The number of halogens is 1. The molecule has 0 amide bonds. The van der Waals surface area contributed by atoms with Crippen LogP contribution in [0.1, 0.15) is 31.8 Å². The first-order chi connectivity index (χ1) is 11.8. The van der Waals surface area contributed by atoms with Crippen LogP contribution >= 0.6 is 0 Å². The molecule has 0 saturated carbocycles. The Labute approximate surface area is 143 Å². The third-order valence-corrected chi connectivity index (χ3v) is 3.66. The molecular weight excluding hydrogens is 350 g/mol. The largest absolute Gasteiger partial charge is 0.289 e. The van der Waals surface area contributed by atoms with E-state index in [1.807, 2.05) is 18.2 Å². The van der Waals surface area contributed by atoms with Crippen LogP contribution in [0.2, 0.25) is 0 Å². The van der Waals surface area contributed by atoms with E-state index in [1.54, 1.807) is 36.5 Å². The van der Waals surface area contributed by atoms with Crippen molar-refractivity contribution in [2.75, 3.05) is 0 Å². The van der Waals surface area contributed by atoms with Gasteiger partial charge in [0.1, 0.15) is 0 Å². The molecule has 0 fully saturated rings. The summed E-state index contributed by atoms with van der Waals surface area (Å²) in [7, 11) is -4.69. The number of pyridine rings is 1. The number of aromatic nitrogens is 1. The summed E-state index contributed by atoms with van der Waals surface area (Å²) in [5, 5.41) is 0.867. The normalized spacial score (nSPS) is 13.0. The molecule has 4 rings (SSSR count). The number of fused-ring (bicyclic) bond motifs is 4. The Morgan fingerprint density at radius 3 is 2.04 bits per heavy atom. The molecule has 1 aliphatic carbocycles. The van der Waals surface area contributed by atoms with E-state index in [0.29, 0.717) is 27.8 Å². The molecule has 0 saturated heterocycles. The van der Waals surface area contributed by atoms with Crippen LogP contribution in [0, 0.1) is 10.2 Å². The van der Waals surface area contributed by atoms with Gasteiger partial charge in [-0.25, -0.2) is 0 Å². The van der Waals surface area contributed by atoms with Gasteiger partial charge in [0.2, 0.25) is 0 Å². The summed E-state index contributed by atoms with van der Waals surface area (Å²) >= 11 is 0. The van der Waals surface area contributed by atoms with Gasteiger partial charge in [-0.05, 0) is 12.1 Å². The fourth-order valence-electron chi connectivity index (χ4n) is 2.72. The highest BCUT2D eigenvalue weighted by atomic mass is 35.7. The number of hydrogen-bond donors (Lipinski definition) is 1. The van der Waals surface area contributed by atoms with Gasteiger partial charge in [-0.3, -0.25) is 14.6 Å². The minimum absolute atomic E-state index is 0.109. The van der Waals surface area contributed by atoms with Crippen LogP contribution in [-0.4, -0.2) is 21.2 Å². The van der Waals surface area contributed by atoms with Crippen LogP contribution < -0.4 is 14.0 Å². The SMILES string of the molecule is O=C1c2ccccc2C(=O)c2c1ccc1cccnc21.[O-][Cl+3]([O-])([O-])O. The van der Waals surface area contributed by atoms with Crippen molar-refractivity contribution in [1.29, 1.82) is 0 Å². The maximum atomic E-state index is 12.7. The second-order valence-electron chi connectivity index (χ2n) is 5.16.